The van der Waals surface area contributed by atoms with Crippen LogP contribution in [-0.2, 0) is 0 Å². The van der Waals surface area contributed by atoms with Gasteiger partial charge in [0, 0.05) is 24.1 Å². The van der Waals surface area contributed by atoms with Gasteiger partial charge in [-0.2, -0.15) is 0 Å². The van der Waals surface area contributed by atoms with E-state index in [0.717, 1.165) is 18.2 Å². The lowest BCUT2D eigenvalue weighted by atomic mass is 10.0. The fourth-order valence-electron chi connectivity index (χ4n) is 1.22. The molecule has 0 heterocycles. The standard InChI is InChI=1S/C11H13F2NO/c1-7(14)2-3-11(15)8-4-9(12)6-10(13)5-8/h4-7H,2-3,14H2,1H3. The van der Waals surface area contributed by atoms with Crippen LogP contribution >= 0.6 is 0 Å². The fraction of sp³-hybridized carbons (Fsp3) is 0.364. The van der Waals surface area contributed by atoms with Crippen LogP contribution in [0.2, 0.25) is 0 Å². The molecule has 0 aliphatic heterocycles. The van der Waals surface area contributed by atoms with Gasteiger partial charge in [0.25, 0.3) is 0 Å². The summed E-state index contributed by atoms with van der Waals surface area (Å²) in [7, 11) is 0. The number of carbonyl (C=O) groups is 1. The molecule has 0 radical (unpaired) electrons. The lowest BCUT2D eigenvalue weighted by molar-refractivity contribution is 0.0977. The molecule has 1 aromatic carbocycles. The molecule has 0 saturated carbocycles. The average molecular weight is 213 g/mol. The lowest BCUT2D eigenvalue weighted by Gasteiger charge is -2.04. The summed E-state index contributed by atoms with van der Waals surface area (Å²) < 4.78 is 25.5. The van der Waals surface area contributed by atoms with Gasteiger partial charge in [0.1, 0.15) is 11.6 Å². The Labute approximate surface area is 87.1 Å². The Kier molecular flexibility index (Phi) is 3.91. The Morgan fingerprint density at radius 2 is 1.87 bits per heavy atom. The number of halogens is 2. The molecule has 1 rings (SSSR count). The van der Waals surface area contributed by atoms with Gasteiger partial charge in [-0.05, 0) is 25.5 Å². The summed E-state index contributed by atoms with van der Waals surface area (Å²) in [6.45, 7) is 1.78. The van der Waals surface area contributed by atoms with Gasteiger partial charge in [-0.25, -0.2) is 8.78 Å². The molecule has 82 valence electrons. The van der Waals surface area contributed by atoms with E-state index in [-0.39, 0.29) is 23.8 Å². The first-order chi connectivity index (χ1) is 6.99. The molecule has 0 aliphatic rings. The molecule has 0 aliphatic carbocycles. The smallest absolute Gasteiger partial charge is 0.163 e. The second-order valence-corrected chi connectivity index (χ2v) is 3.60. The van der Waals surface area contributed by atoms with Gasteiger partial charge >= 0.3 is 0 Å². The van der Waals surface area contributed by atoms with E-state index in [9.17, 15) is 13.6 Å². The van der Waals surface area contributed by atoms with E-state index in [1.54, 1.807) is 6.92 Å². The molecule has 1 atom stereocenters. The van der Waals surface area contributed by atoms with Crippen LogP contribution in [0.25, 0.3) is 0 Å². The summed E-state index contributed by atoms with van der Waals surface area (Å²) in [5.41, 5.74) is 5.54. The minimum Gasteiger partial charge on any atom is -0.328 e. The van der Waals surface area contributed by atoms with Gasteiger partial charge in [0.05, 0.1) is 0 Å². The van der Waals surface area contributed by atoms with Crippen LogP contribution in [0.5, 0.6) is 0 Å². The highest BCUT2D eigenvalue weighted by atomic mass is 19.1. The van der Waals surface area contributed by atoms with Crippen LogP contribution < -0.4 is 5.73 Å². The number of rotatable bonds is 4. The normalized spacial score (nSPS) is 12.5. The molecular formula is C11H13F2NO. The van der Waals surface area contributed by atoms with E-state index in [1.807, 2.05) is 0 Å². The van der Waals surface area contributed by atoms with Crippen molar-refractivity contribution in [3.8, 4) is 0 Å². The number of hydrogen-bond donors (Lipinski definition) is 1. The lowest BCUT2D eigenvalue weighted by Crippen LogP contribution is -2.16. The predicted molar refractivity (Wildman–Crippen MR) is 53.6 cm³/mol. The molecule has 0 aromatic heterocycles. The van der Waals surface area contributed by atoms with Crippen molar-refractivity contribution in [3.05, 3.63) is 35.4 Å². The summed E-state index contributed by atoms with van der Waals surface area (Å²) in [6, 6.07) is 2.72. The zero-order valence-corrected chi connectivity index (χ0v) is 8.47. The first-order valence-electron chi connectivity index (χ1n) is 4.74. The van der Waals surface area contributed by atoms with Crippen LogP contribution in [0.15, 0.2) is 18.2 Å². The van der Waals surface area contributed by atoms with Crippen LogP contribution in [-0.4, -0.2) is 11.8 Å². The molecule has 2 N–H and O–H groups in total. The van der Waals surface area contributed by atoms with Crippen molar-refractivity contribution >= 4 is 5.78 Å². The summed E-state index contributed by atoms with van der Waals surface area (Å²) in [5.74, 6) is -1.76. The molecule has 2 nitrogen and oxygen atoms in total. The molecule has 4 heteroatoms. The van der Waals surface area contributed by atoms with Gasteiger partial charge < -0.3 is 5.73 Å². The topological polar surface area (TPSA) is 43.1 Å². The molecule has 0 bridgehead atoms. The number of carbonyl (C=O) groups excluding carboxylic acids is 1. The van der Waals surface area contributed by atoms with Crippen LogP contribution in [0, 0.1) is 11.6 Å². The van der Waals surface area contributed by atoms with E-state index in [1.165, 1.54) is 0 Å². The van der Waals surface area contributed by atoms with Crippen molar-refractivity contribution < 1.29 is 13.6 Å². The molecule has 0 spiro atoms. The van der Waals surface area contributed by atoms with Crippen LogP contribution in [0.4, 0.5) is 8.78 Å². The van der Waals surface area contributed by atoms with E-state index in [0.29, 0.717) is 6.42 Å². The van der Waals surface area contributed by atoms with Gasteiger partial charge in [0.2, 0.25) is 0 Å². The first kappa shape index (κ1) is 11.8. The van der Waals surface area contributed by atoms with E-state index >= 15 is 0 Å². The highest BCUT2D eigenvalue weighted by Crippen LogP contribution is 2.11. The highest BCUT2D eigenvalue weighted by Gasteiger charge is 2.09. The van der Waals surface area contributed by atoms with E-state index in [2.05, 4.69) is 0 Å². The number of Topliss-reactive ketones (excluding diaryl/α,β-unsaturated/α-hetero) is 1. The minimum absolute atomic E-state index is 0.0631. The van der Waals surface area contributed by atoms with Crippen molar-refractivity contribution in [2.24, 2.45) is 5.73 Å². The number of hydrogen-bond acceptors (Lipinski definition) is 2. The monoisotopic (exact) mass is 213 g/mol. The highest BCUT2D eigenvalue weighted by molar-refractivity contribution is 5.96. The maximum Gasteiger partial charge on any atom is 0.163 e. The number of benzene rings is 1. The van der Waals surface area contributed by atoms with Gasteiger partial charge in [0.15, 0.2) is 5.78 Å². The third kappa shape index (κ3) is 3.75. The van der Waals surface area contributed by atoms with Crippen LogP contribution in [0.1, 0.15) is 30.1 Å². The molecule has 1 aromatic rings. The largest absolute Gasteiger partial charge is 0.328 e. The van der Waals surface area contributed by atoms with E-state index < -0.39 is 11.6 Å². The van der Waals surface area contributed by atoms with Gasteiger partial charge in [-0.15, -0.1) is 0 Å². The molecule has 0 amide bonds. The van der Waals surface area contributed by atoms with E-state index in [4.69, 9.17) is 5.73 Å². The zero-order chi connectivity index (χ0) is 11.4. The summed E-state index contributed by atoms with van der Waals surface area (Å²) in [4.78, 5) is 11.5. The van der Waals surface area contributed by atoms with Gasteiger partial charge in [-0.3, -0.25) is 4.79 Å². The fourth-order valence-corrected chi connectivity index (χ4v) is 1.22. The first-order valence-corrected chi connectivity index (χ1v) is 4.74. The van der Waals surface area contributed by atoms with Gasteiger partial charge in [-0.1, -0.05) is 0 Å². The molecular weight excluding hydrogens is 200 g/mol. The third-order valence-corrected chi connectivity index (χ3v) is 2.01. The summed E-state index contributed by atoms with van der Waals surface area (Å²) in [6.07, 6.45) is 0.720. The molecule has 0 saturated heterocycles. The Hall–Kier alpha value is -1.29. The van der Waals surface area contributed by atoms with Crippen LogP contribution in [0.3, 0.4) is 0 Å². The van der Waals surface area contributed by atoms with Crippen molar-refractivity contribution in [1.82, 2.24) is 0 Å². The molecule has 0 fully saturated rings. The second kappa shape index (κ2) is 4.98. The van der Waals surface area contributed by atoms with Crippen molar-refractivity contribution in [1.29, 1.82) is 0 Å². The summed E-state index contributed by atoms with van der Waals surface area (Å²) in [5, 5.41) is 0. The number of ketones is 1. The minimum atomic E-state index is -0.737. The Morgan fingerprint density at radius 3 is 2.33 bits per heavy atom. The maximum absolute atomic E-state index is 12.8. The van der Waals surface area contributed by atoms with Crippen molar-refractivity contribution in [2.45, 2.75) is 25.8 Å². The Bertz CT molecular complexity index is 343. The van der Waals surface area contributed by atoms with Crippen molar-refractivity contribution in [2.75, 3.05) is 0 Å². The Balaban J connectivity index is 2.73. The third-order valence-electron chi connectivity index (χ3n) is 2.01. The Morgan fingerprint density at radius 1 is 1.33 bits per heavy atom. The SMILES string of the molecule is CC(N)CCC(=O)c1cc(F)cc(F)c1. The maximum atomic E-state index is 12.8. The molecule has 15 heavy (non-hydrogen) atoms. The van der Waals surface area contributed by atoms with Crippen molar-refractivity contribution in [3.63, 3.8) is 0 Å². The zero-order valence-electron chi connectivity index (χ0n) is 8.47. The summed E-state index contributed by atoms with van der Waals surface area (Å²) >= 11 is 0. The average Bonchev–Trinajstić information content (AvgIpc) is 2.12. The predicted octanol–water partition coefficient (Wildman–Crippen LogP) is 2.27. The number of nitrogens with two attached hydrogens (primary N) is 1. The quantitative estimate of drug-likeness (QED) is 0.779. The molecule has 1 unspecified atom stereocenters. The second-order valence-electron chi connectivity index (χ2n) is 3.60.